The second-order valence-corrected chi connectivity index (χ2v) is 6.92. The van der Waals surface area contributed by atoms with E-state index < -0.39 is 21.7 Å². The zero-order valence-electron chi connectivity index (χ0n) is 9.89. The molecule has 2 N–H and O–H groups in total. The minimum Gasteiger partial charge on any atom is -0.317 e. The summed E-state index contributed by atoms with van der Waals surface area (Å²) in [6.45, 7) is 1.45. The average Bonchev–Trinajstić information content (AvgIpc) is 2.97. The Morgan fingerprint density at radius 2 is 1.78 bits per heavy atom. The Morgan fingerprint density at radius 3 is 2.22 bits per heavy atom. The van der Waals surface area contributed by atoms with Crippen molar-refractivity contribution in [1.82, 2.24) is 10.0 Å². The second-order valence-electron chi connectivity index (χ2n) is 5.16. The van der Waals surface area contributed by atoms with Gasteiger partial charge in [0.15, 0.2) is 0 Å². The SMILES string of the molecule is O=S(=O)(CC1CCNCC1)NC1(C(F)(F)F)CC1. The largest absolute Gasteiger partial charge is 0.407 e. The highest BCUT2D eigenvalue weighted by molar-refractivity contribution is 7.89. The lowest BCUT2D eigenvalue weighted by atomic mass is 10.0. The number of alkyl halides is 3. The van der Waals surface area contributed by atoms with Gasteiger partial charge in [0.25, 0.3) is 0 Å². The molecule has 0 aromatic carbocycles. The summed E-state index contributed by atoms with van der Waals surface area (Å²) in [4.78, 5) is 0. The molecule has 0 spiro atoms. The third kappa shape index (κ3) is 3.16. The fraction of sp³-hybridized carbons (Fsp3) is 1.00. The average molecular weight is 286 g/mol. The molecule has 0 unspecified atom stereocenters. The summed E-state index contributed by atoms with van der Waals surface area (Å²) in [5.74, 6) is -0.250. The smallest absolute Gasteiger partial charge is 0.317 e. The van der Waals surface area contributed by atoms with Crippen molar-refractivity contribution in [3.05, 3.63) is 0 Å². The third-order valence-electron chi connectivity index (χ3n) is 3.56. The van der Waals surface area contributed by atoms with E-state index in [9.17, 15) is 21.6 Å². The van der Waals surface area contributed by atoms with E-state index in [1.54, 1.807) is 0 Å². The maximum Gasteiger partial charge on any atom is 0.407 e. The number of hydrogen-bond acceptors (Lipinski definition) is 3. The van der Waals surface area contributed by atoms with Crippen LogP contribution in [0.4, 0.5) is 13.2 Å². The molecule has 2 rings (SSSR count). The summed E-state index contributed by atoms with van der Waals surface area (Å²) >= 11 is 0. The molecule has 1 aliphatic heterocycles. The fourth-order valence-corrected chi connectivity index (χ4v) is 4.22. The summed E-state index contributed by atoms with van der Waals surface area (Å²) in [5, 5.41) is 3.09. The van der Waals surface area contributed by atoms with Crippen LogP contribution in [0.5, 0.6) is 0 Å². The molecule has 0 bridgehead atoms. The zero-order chi connectivity index (χ0) is 13.4. The van der Waals surface area contributed by atoms with Gasteiger partial charge in [0, 0.05) is 0 Å². The van der Waals surface area contributed by atoms with Gasteiger partial charge in [-0.1, -0.05) is 0 Å². The molecule has 4 nitrogen and oxygen atoms in total. The van der Waals surface area contributed by atoms with Crippen LogP contribution in [0.15, 0.2) is 0 Å². The van der Waals surface area contributed by atoms with E-state index in [-0.39, 0.29) is 24.5 Å². The van der Waals surface area contributed by atoms with Crippen LogP contribution in [0.25, 0.3) is 0 Å². The van der Waals surface area contributed by atoms with Crippen LogP contribution < -0.4 is 10.0 Å². The number of hydrogen-bond donors (Lipinski definition) is 2. The summed E-state index contributed by atoms with van der Waals surface area (Å²) < 4.78 is 63.4. The Morgan fingerprint density at radius 1 is 1.22 bits per heavy atom. The number of rotatable bonds is 4. The minimum absolute atomic E-state index is 0.0483. The van der Waals surface area contributed by atoms with E-state index in [4.69, 9.17) is 0 Å². The first kappa shape index (κ1) is 14.1. The molecule has 1 saturated carbocycles. The van der Waals surface area contributed by atoms with E-state index in [2.05, 4.69) is 5.32 Å². The van der Waals surface area contributed by atoms with E-state index in [1.807, 2.05) is 4.72 Å². The molecule has 1 saturated heterocycles. The molecule has 8 heteroatoms. The van der Waals surface area contributed by atoms with E-state index in [0.717, 1.165) is 13.1 Å². The van der Waals surface area contributed by atoms with Crippen LogP contribution in [0.2, 0.25) is 0 Å². The molecule has 18 heavy (non-hydrogen) atoms. The number of sulfonamides is 1. The number of nitrogens with one attached hydrogen (secondary N) is 2. The second kappa shape index (κ2) is 4.64. The van der Waals surface area contributed by atoms with Crippen molar-refractivity contribution in [3.8, 4) is 0 Å². The van der Waals surface area contributed by atoms with Crippen LogP contribution in [0, 0.1) is 5.92 Å². The lowest BCUT2D eigenvalue weighted by Gasteiger charge is -2.25. The van der Waals surface area contributed by atoms with E-state index in [0.29, 0.717) is 12.8 Å². The van der Waals surface area contributed by atoms with Crippen molar-refractivity contribution in [2.75, 3.05) is 18.8 Å². The molecule has 0 amide bonds. The molecular formula is C10H17F3N2O2S. The quantitative estimate of drug-likeness (QED) is 0.810. The summed E-state index contributed by atoms with van der Waals surface area (Å²) in [6.07, 6.45) is -3.40. The van der Waals surface area contributed by atoms with Crippen LogP contribution in [-0.4, -0.2) is 39.0 Å². The topological polar surface area (TPSA) is 58.2 Å². The highest BCUT2D eigenvalue weighted by Crippen LogP contribution is 2.49. The summed E-state index contributed by atoms with van der Waals surface area (Å²) in [6, 6.07) is 0. The molecule has 0 radical (unpaired) electrons. The lowest BCUT2D eigenvalue weighted by molar-refractivity contribution is -0.160. The Bertz CT molecular complexity index is 398. The van der Waals surface area contributed by atoms with Crippen molar-refractivity contribution in [1.29, 1.82) is 0 Å². The highest BCUT2D eigenvalue weighted by atomic mass is 32.2. The van der Waals surface area contributed by atoms with Crippen LogP contribution in [-0.2, 0) is 10.0 Å². The minimum atomic E-state index is -4.49. The maximum atomic E-state index is 12.7. The van der Waals surface area contributed by atoms with Crippen LogP contribution >= 0.6 is 0 Å². The van der Waals surface area contributed by atoms with Gasteiger partial charge in [0.2, 0.25) is 10.0 Å². The first-order valence-electron chi connectivity index (χ1n) is 6.03. The molecule has 2 aliphatic rings. The first-order valence-corrected chi connectivity index (χ1v) is 7.68. The molecule has 106 valence electrons. The van der Waals surface area contributed by atoms with Gasteiger partial charge < -0.3 is 5.32 Å². The van der Waals surface area contributed by atoms with E-state index >= 15 is 0 Å². The standard InChI is InChI=1S/C10H17F3N2O2S/c11-10(12,13)9(3-4-9)15-18(16,17)7-8-1-5-14-6-2-8/h8,14-15H,1-7H2. The molecule has 2 fully saturated rings. The molecule has 0 atom stereocenters. The van der Waals surface area contributed by atoms with Gasteiger partial charge in [0.05, 0.1) is 5.75 Å². The fourth-order valence-electron chi connectivity index (χ4n) is 2.27. The zero-order valence-corrected chi connectivity index (χ0v) is 10.7. The van der Waals surface area contributed by atoms with Crippen molar-refractivity contribution in [2.45, 2.75) is 37.4 Å². The lowest BCUT2D eigenvalue weighted by Crippen LogP contribution is -2.49. The Hall–Kier alpha value is -0.340. The number of piperidine rings is 1. The third-order valence-corrected chi connectivity index (χ3v) is 5.17. The van der Waals surface area contributed by atoms with Crippen molar-refractivity contribution in [3.63, 3.8) is 0 Å². The number of halogens is 3. The van der Waals surface area contributed by atoms with Crippen molar-refractivity contribution in [2.24, 2.45) is 5.92 Å². The monoisotopic (exact) mass is 286 g/mol. The van der Waals surface area contributed by atoms with Gasteiger partial charge in [-0.15, -0.1) is 0 Å². The van der Waals surface area contributed by atoms with Gasteiger partial charge in [-0.05, 0) is 44.7 Å². The van der Waals surface area contributed by atoms with Crippen molar-refractivity contribution >= 4 is 10.0 Å². The Labute approximate surface area is 104 Å². The molecule has 0 aromatic heterocycles. The molecule has 1 heterocycles. The van der Waals surface area contributed by atoms with Gasteiger partial charge in [-0.25, -0.2) is 8.42 Å². The van der Waals surface area contributed by atoms with Crippen molar-refractivity contribution < 1.29 is 21.6 Å². The summed E-state index contributed by atoms with van der Waals surface area (Å²) in [7, 11) is -3.86. The predicted octanol–water partition coefficient (Wildman–Crippen LogP) is 1.00. The molecular weight excluding hydrogens is 269 g/mol. The predicted molar refractivity (Wildman–Crippen MR) is 60.5 cm³/mol. The molecule has 0 aromatic rings. The van der Waals surface area contributed by atoms with Gasteiger partial charge in [-0.2, -0.15) is 17.9 Å². The van der Waals surface area contributed by atoms with Gasteiger partial charge >= 0.3 is 6.18 Å². The highest BCUT2D eigenvalue weighted by Gasteiger charge is 2.65. The Balaban J connectivity index is 1.95. The maximum absolute atomic E-state index is 12.7. The normalized spacial score (nSPS) is 25.1. The van der Waals surface area contributed by atoms with Crippen LogP contribution in [0.3, 0.4) is 0 Å². The van der Waals surface area contributed by atoms with Gasteiger partial charge in [-0.3, -0.25) is 0 Å². The first-order chi connectivity index (χ1) is 8.24. The van der Waals surface area contributed by atoms with Gasteiger partial charge in [0.1, 0.15) is 5.54 Å². The Kier molecular flexibility index (Phi) is 3.63. The van der Waals surface area contributed by atoms with E-state index in [1.165, 1.54) is 0 Å². The molecule has 1 aliphatic carbocycles. The van der Waals surface area contributed by atoms with Crippen LogP contribution in [0.1, 0.15) is 25.7 Å². The summed E-state index contributed by atoms with van der Waals surface area (Å²) in [5.41, 5.74) is -2.18.